The third-order valence-electron chi connectivity index (χ3n) is 3.85. The predicted octanol–water partition coefficient (Wildman–Crippen LogP) is 1.93. The topological polar surface area (TPSA) is 52.8 Å². The average Bonchev–Trinajstić information content (AvgIpc) is 3.03. The fraction of sp³-hybridized carbons (Fsp3) is 0.429. The minimum absolute atomic E-state index is 0.294. The lowest BCUT2D eigenvalue weighted by molar-refractivity contribution is 0.0601. The summed E-state index contributed by atoms with van der Waals surface area (Å²) in [5.74, 6) is 0.976. The van der Waals surface area contributed by atoms with Crippen LogP contribution >= 0.6 is 0 Å². The lowest BCUT2D eigenvalue weighted by atomic mass is 10.1. The Hall–Kier alpha value is -2.04. The average molecular weight is 258 g/mol. The fourth-order valence-electron chi connectivity index (χ4n) is 2.79. The molecular formula is C14H14N2O3. The van der Waals surface area contributed by atoms with Gasteiger partial charge in [0.05, 0.1) is 24.9 Å². The van der Waals surface area contributed by atoms with Crippen LogP contribution < -0.4 is 4.74 Å². The highest BCUT2D eigenvalue weighted by Crippen LogP contribution is 2.43. The highest BCUT2D eigenvalue weighted by molar-refractivity contribution is 6.00. The first-order valence-electron chi connectivity index (χ1n) is 6.55. The van der Waals surface area contributed by atoms with Gasteiger partial charge < -0.3 is 9.47 Å². The van der Waals surface area contributed by atoms with E-state index in [-0.39, 0.29) is 5.97 Å². The van der Waals surface area contributed by atoms with Crippen molar-refractivity contribution >= 4 is 11.5 Å². The van der Waals surface area contributed by atoms with Crippen LogP contribution in [0.3, 0.4) is 0 Å². The van der Waals surface area contributed by atoms with Crippen LogP contribution in [0.4, 0.5) is 0 Å². The normalized spacial score (nSPS) is 17.3. The number of carbonyl (C=O) groups excluding carboxylic acids is 1. The highest BCUT2D eigenvalue weighted by Gasteiger charge is 2.35. The molecule has 0 amide bonds. The zero-order chi connectivity index (χ0) is 13.0. The summed E-state index contributed by atoms with van der Waals surface area (Å²) in [6.07, 6.45) is 4.89. The smallest absolute Gasteiger partial charge is 0.342 e. The van der Waals surface area contributed by atoms with E-state index in [4.69, 9.17) is 9.47 Å². The summed E-state index contributed by atoms with van der Waals surface area (Å²) in [7, 11) is 1.42. The van der Waals surface area contributed by atoms with Gasteiger partial charge in [0, 0.05) is 24.1 Å². The Morgan fingerprint density at radius 3 is 3.11 bits per heavy atom. The third-order valence-corrected chi connectivity index (χ3v) is 3.85. The summed E-state index contributed by atoms with van der Waals surface area (Å²) >= 11 is 0. The number of hydrogen-bond donors (Lipinski definition) is 0. The van der Waals surface area contributed by atoms with E-state index in [1.54, 1.807) is 4.52 Å². The molecule has 4 rings (SSSR count). The number of carbonyl (C=O) groups is 1. The van der Waals surface area contributed by atoms with Gasteiger partial charge in [-0.15, -0.1) is 0 Å². The number of ether oxygens (including phenoxy) is 2. The molecule has 0 aromatic carbocycles. The van der Waals surface area contributed by atoms with E-state index < -0.39 is 0 Å². The predicted molar refractivity (Wildman–Crippen MR) is 67.7 cm³/mol. The Balaban J connectivity index is 2.05. The fourth-order valence-corrected chi connectivity index (χ4v) is 2.79. The maximum atomic E-state index is 12.1. The highest BCUT2D eigenvalue weighted by atomic mass is 16.5. The second-order valence-corrected chi connectivity index (χ2v) is 5.08. The Bertz CT molecular complexity index is 686. The Morgan fingerprint density at radius 2 is 2.37 bits per heavy atom. The van der Waals surface area contributed by atoms with Gasteiger partial charge in [0.25, 0.3) is 0 Å². The van der Waals surface area contributed by atoms with Gasteiger partial charge in [-0.3, -0.25) is 0 Å². The minimum atomic E-state index is -0.294. The van der Waals surface area contributed by atoms with Gasteiger partial charge in [-0.05, 0) is 18.9 Å². The molecule has 5 nitrogen and oxygen atoms in total. The molecule has 0 unspecified atom stereocenters. The van der Waals surface area contributed by atoms with Crippen LogP contribution in [-0.2, 0) is 11.2 Å². The molecule has 3 heterocycles. The summed E-state index contributed by atoms with van der Waals surface area (Å²) in [5.41, 5.74) is 3.45. The molecule has 1 saturated carbocycles. The molecule has 2 aromatic heterocycles. The molecule has 19 heavy (non-hydrogen) atoms. The summed E-state index contributed by atoms with van der Waals surface area (Å²) in [5, 5.41) is 4.58. The maximum absolute atomic E-state index is 12.1. The van der Waals surface area contributed by atoms with Crippen molar-refractivity contribution in [3.8, 4) is 5.75 Å². The van der Waals surface area contributed by atoms with Crippen molar-refractivity contribution in [3.63, 3.8) is 0 Å². The SMILES string of the molecule is COC(=O)c1c(C2CC2)nn2ccc3c(c12)CCO3. The van der Waals surface area contributed by atoms with Crippen LogP contribution in [0.2, 0.25) is 0 Å². The van der Waals surface area contributed by atoms with Gasteiger partial charge in [-0.2, -0.15) is 5.10 Å². The van der Waals surface area contributed by atoms with E-state index >= 15 is 0 Å². The van der Waals surface area contributed by atoms with Crippen LogP contribution in [0.25, 0.3) is 5.52 Å². The van der Waals surface area contributed by atoms with Crippen molar-refractivity contribution < 1.29 is 14.3 Å². The van der Waals surface area contributed by atoms with Crippen molar-refractivity contribution in [1.82, 2.24) is 9.61 Å². The molecule has 0 atom stereocenters. The molecule has 2 aliphatic rings. The molecule has 0 spiro atoms. The molecule has 1 aliphatic carbocycles. The molecule has 2 aromatic rings. The lowest BCUT2D eigenvalue weighted by Crippen LogP contribution is -2.04. The van der Waals surface area contributed by atoms with E-state index in [2.05, 4.69) is 5.10 Å². The van der Waals surface area contributed by atoms with Gasteiger partial charge in [-0.1, -0.05) is 0 Å². The van der Waals surface area contributed by atoms with Gasteiger partial charge >= 0.3 is 5.97 Å². The van der Waals surface area contributed by atoms with Gasteiger partial charge in [-0.25, -0.2) is 9.31 Å². The van der Waals surface area contributed by atoms with Crippen LogP contribution in [0.1, 0.15) is 40.4 Å². The molecule has 0 saturated heterocycles. The number of pyridine rings is 1. The number of hydrogen-bond acceptors (Lipinski definition) is 4. The Kier molecular flexibility index (Phi) is 2.13. The largest absolute Gasteiger partial charge is 0.493 e. The van der Waals surface area contributed by atoms with E-state index in [1.807, 2.05) is 12.3 Å². The molecule has 5 heteroatoms. The minimum Gasteiger partial charge on any atom is -0.493 e. The second-order valence-electron chi connectivity index (χ2n) is 5.08. The second kappa shape index (κ2) is 3.73. The molecule has 1 aliphatic heterocycles. The van der Waals surface area contributed by atoms with E-state index in [1.165, 1.54) is 7.11 Å². The summed E-state index contributed by atoms with van der Waals surface area (Å²) in [4.78, 5) is 12.1. The molecule has 0 radical (unpaired) electrons. The van der Waals surface area contributed by atoms with E-state index in [9.17, 15) is 4.79 Å². The quantitative estimate of drug-likeness (QED) is 0.772. The van der Waals surface area contributed by atoms with Crippen LogP contribution in [0.15, 0.2) is 12.3 Å². The molecule has 0 N–H and O–H groups in total. The van der Waals surface area contributed by atoms with Crippen LogP contribution in [0.5, 0.6) is 5.75 Å². The summed E-state index contributed by atoms with van der Waals surface area (Å²) < 4.78 is 12.3. The number of fused-ring (bicyclic) bond motifs is 3. The van der Waals surface area contributed by atoms with Gasteiger partial charge in [0.2, 0.25) is 0 Å². The molecule has 0 bridgehead atoms. The standard InChI is InChI=1S/C14H14N2O3/c1-18-14(17)11-12(8-2-3-8)15-16-6-4-10-9(13(11)16)5-7-19-10/h4,6,8H,2-3,5,7H2,1H3. The Labute approximate surface area is 110 Å². The van der Waals surface area contributed by atoms with Gasteiger partial charge in [0.15, 0.2) is 0 Å². The number of methoxy groups -OCH3 is 1. The number of esters is 1. The van der Waals surface area contributed by atoms with E-state index in [0.717, 1.165) is 41.8 Å². The van der Waals surface area contributed by atoms with Crippen LogP contribution in [0, 0.1) is 0 Å². The first-order valence-corrected chi connectivity index (χ1v) is 6.55. The third kappa shape index (κ3) is 1.47. The van der Waals surface area contributed by atoms with Gasteiger partial charge in [0.1, 0.15) is 11.3 Å². The first kappa shape index (κ1) is 10.8. The monoisotopic (exact) mass is 258 g/mol. The number of rotatable bonds is 2. The van der Waals surface area contributed by atoms with Crippen LogP contribution in [-0.4, -0.2) is 29.3 Å². The first-order chi connectivity index (χ1) is 9.29. The lowest BCUT2D eigenvalue weighted by Gasteiger charge is -2.03. The molecule has 1 fully saturated rings. The van der Waals surface area contributed by atoms with Crippen molar-refractivity contribution in [2.75, 3.05) is 13.7 Å². The van der Waals surface area contributed by atoms with Crippen molar-refractivity contribution in [1.29, 1.82) is 0 Å². The zero-order valence-electron chi connectivity index (χ0n) is 10.7. The zero-order valence-corrected chi connectivity index (χ0v) is 10.7. The Morgan fingerprint density at radius 1 is 1.53 bits per heavy atom. The molecule has 98 valence electrons. The number of aromatic nitrogens is 2. The number of nitrogens with zero attached hydrogens (tertiary/aromatic N) is 2. The summed E-state index contributed by atoms with van der Waals surface area (Å²) in [6, 6.07) is 1.92. The maximum Gasteiger partial charge on any atom is 0.342 e. The van der Waals surface area contributed by atoms with Crippen molar-refractivity contribution in [2.45, 2.75) is 25.2 Å². The van der Waals surface area contributed by atoms with E-state index in [0.29, 0.717) is 18.1 Å². The molecular weight excluding hydrogens is 244 g/mol. The summed E-state index contributed by atoms with van der Waals surface area (Å²) in [6.45, 7) is 0.666. The van der Waals surface area contributed by atoms with Crippen molar-refractivity contribution in [2.24, 2.45) is 0 Å². The van der Waals surface area contributed by atoms with Crippen molar-refractivity contribution in [3.05, 3.63) is 29.1 Å².